The molecule has 1 aliphatic heterocycles. The fraction of sp³-hybridized carbons (Fsp3) is 0.286. The number of hydrogen-bond donors (Lipinski definition) is 1. The lowest BCUT2D eigenvalue weighted by molar-refractivity contribution is -0.121. The van der Waals surface area contributed by atoms with Crippen LogP contribution in [-0.4, -0.2) is 33.4 Å². The first kappa shape index (κ1) is 22.8. The van der Waals surface area contributed by atoms with E-state index in [1.54, 1.807) is 0 Å². The van der Waals surface area contributed by atoms with E-state index in [1.807, 2.05) is 30.3 Å². The third-order valence-electron chi connectivity index (χ3n) is 6.68. The van der Waals surface area contributed by atoms with E-state index < -0.39 is 0 Å². The Kier molecular flexibility index (Phi) is 6.79. The summed E-state index contributed by atoms with van der Waals surface area (Å²) in [6, 6.07) is 24.7. The van der Waals surface area contributed by atoms with Crippen molar-refractivity contribution >= 4 is 38.6 Å². The molecule has 0 saturated carbocycles. The van der Waals surface area contributed by atoms with Gasteiger partial charge in [0.15, 0.2) is 0 Å². The number of aromatic nitrogens is 2. The number of carbonyl (C=O) groups is 1. The molecule has 1 N–H and O–H groups in total. The molecule has 3 aromatic carbocycles. The number of likely N-dealkylation sites (tertiary alicyclic amines) is 1. The standard InChI is InChI=1S/C28H29BrN4O/c1-2-20-8-3-4-11-24(20)31-28(34)21-14-16-32(17-15-21)19-27-30-25-12-5-6-13-26(25)33(27)23-10-7-9-22(29)18-23/h3-13,18,21H,2,14-17,19H2,1H3,(H,31,34). The molecule has 34 heavy (non-hydrogen) atoms. The van der Waals surface area contributed by atoms with E-state index in [-0.39, 0.29) is 11.8 Å². The van der Waals surface area contributed by atoms with Crippen LogP contribution >= 0.6 is 15.9 Å². The third-order valence-corrected chi connectivity index (χ3v) is 7.17. The molecule has 2 heterocycles. The van der Waals surface area contributed by atoms with E-state index in [4.69, 9.17) is 4.98 Å². The van der Waals surface area contributed by atoms with Gasteiger partial charge < -0.3 is 5.32 Å². The normalized spacial score (nSPS) is 15.0. The second-order valence-electron chi connectivity index (χ2n) is 8.88. The van der Waals surface area contributed by atoms with E-state index in [1.165, 1.54) is 5.56 Å². The molecule has 1 saturated heterocycles. The highest BCUT2D eigenvalue weighted by Gasteiger charge is 2.26. The van der Waals surface area contributed by atoms with Crippen molar-refractivity contribution in [3.8, 4) is 5.69 Å². The van der Waals surface area contributed by atoms with Crippen molar-refractivity contribution in [1.29, 1.82) is 0 Å². The topological polar surface area (TPSA) is 50.2 Å². The van der Waals surface area contributed by atoms with E-state index in [0.29, 0.717) is 0 Å². The van der Waals surface area contributed by atoms with Gasteiger partial charge in [0.25, 0.3) is 0 Å². The molecule has 5 nitrogen and oxygen atoms in total. The van der Waals surface area contributed by atoms with Crippen molar-refractivity contribution < 1.29 is 4.79 Å². The summed E-state index contributed by atoms with van der Waals surface area (Å²) in [7, 11) is 0. The van der Waals surface area contributed by atoms with Gasteiger partial charge in [-0.3, -0.25) is 14.3 Å². The van der Waals surface area contributed by atoms with Crippen molar-refractivity contribution in [1.82, 2.24) is 14.5 Å². The summed E-state index contributed by atoms with van der Waals surface area (Å²) < 4.78 is 3.30. The molecule has 174 valence electrons. The SMILES string of the molecule is CCc1ccccc1NC(=O)C1CCN(Cc2nc3ccccc3n2-c2cccc(Br)c2)CC1. The number of nitrogens with zero attached hydrogens (tertiary/aromatic N) is 3. The van der Waals surface area contributed by atoms with Gasteiger partial charge in [0.05, 0.1) is 17.6 Å². The van der Waals surface area contributed by atoms with Crippen LogP contribution in [0.15, 0.2) is 77.3 Å². The lowest BCUT2D eigenvalue weighted by Crippen LogP contribution is -2.38. The lowest BCUT2D eigenvalue weighted by Gasteiger charge is -2.31. The number of fused-ring (bicyclic) bond motifs is 1. The van der Waals surface area contributed by atoms with Crippen LogP contribution in [0.1, 0.15) is 31.2 Å². The van der Waals surface area contributed by atoms with Gasteiger partial charge in [0, 0.05) is 21.8 Å². The second kappa shape index (κ2) is 10.1. The Hall–Kier alpha value is -2.96. The molecular weight excluding hydrogens is 488 g/mol. The highest BCUT2D eigenvalue weighted by molar-refractivity contribution is 9.10. The minimum absolute atomic E-state index is 0.0464. The number of rotatable bonds is 6. The summed E-state index contributed by atoms with van der Waals surface area (Å²) in [6.07, 6.45) is 2.63. The van der Waals surface area contributed by atoms with Gasteiger partial charge in [-0.1, -0.05) is 59.3 Å². The number of halogens is 1. The molecule has 5 rings (SSSR count). The number of aryl methyl sites for hydroxylation is 1. The Morgan fingerprint density at radius 2 is 1.79 bits per heavy atom. The molecule has 0 bridgehead atoms. The first-order valence-corrected chi connectivity index (χ1v) is 12.7. The van der Waals surface area contributed by atoms with Crippen molar-refractivity contribution in [2.24, 2.45) is 5.92 Å². The molecular formula is C28H29BrN4O. The zero-order chi connectivity index (χ0) is 23.5. The number of imidazole rings is 1. The van der Waals surface area contributed by atoms with Gasteiger partial charge in [-0.15, -0.1) is 0 Å². The maximum atomic E-state index is 12.9. The van der Waals surface area contributed by atoms with Gasteiger partial charge in [-0.2, -0.15) is 0 Å². The molecule has 1 fully saturated rings. The van der Waals surface area contributed by atoms with Crippen molar-refractivity contribution in [3.05, 3.63) is 88.7 Å². The molecule has 1 amide bonds. The number of benzene rings is 3. The summed E-state index contributed by atoms with van der Waals surface area (Å²) >= 11 is 3.61. The maximum Gasteiger partial charge on any atom is 0.227 e. The van der Waals surface area contributed by atoms with Crippen molar-refractivity contribution in [2.45, 2.75) is 32.7 Å². The number of nitrogens with one attached hydrogen (secondary N) is 1. The zero-order valence-electron chi connectivity index (χ0n) is 19.4. The van der Waals surface area contributed by atoms with Crippen LogP contribution in [0, 0.1) is 5.92 Å². The smallest absolute Gasteiger partial charge is 0.227 e. The number of amides is 1. The number of piperidine rings is 1. The molecule has 4 aromatic rings. The second-order valence-corrected chi connectivity index (χ2v) is 9.80. The summed E-state index contributed by atoms with van der Waals surface area (Å²) in [5, 5.41) is 3.17. The van der Waals surface area contributed by atoms with Crippen molar-refractivity contribution in [2.75, 3.05) is 18.4 Å². The maximum absolute atomic E-state index is 12.9. The fourth-order valence-corrected chi connectivity index (χ4v) is 5.21. The first-order valence-electron chi connectivity index (χ1n) is 12.0. The highest BCUT2D eigenvalue weighted by Crippen LogP contribution is 2.27. The molecule has 6 heteroatoms. The molecule has 0 atom stereocenters. The van der Waals surface area contributed by atoms with Gasteiger partial charge in [-0.05, 0) is 74.3 Å². The third kappa shape index (κ3) is 4.79. The van der Waals surface area contributed by atoms with Crippen LogP contribution in [0.2, 0.25) is 0 Å². The quantitative estimate of drug-likeness (QED) is 0.331. The zero-order valence-corrected chi connectivity index (χ0v) is 21.0. The molecule has 0 unspecified atom stereocenters. The predicted octanol–water partition coefficient (Wildman–Crippen LogP) is 6.20. The highest BCUT2D eigenvalue weighted by atomic mass is 79.9. The summed E-state index contributed by atoms with van der Waals surface area (Å²) in [6.45, 7) is 4.64. The Bertz CT molecular complexity index is 1310. The Morgan fingerprint density at radius 1 is 1.03 bits per heavy atom. The monoisotopic (exact) mass is 516 g/mol. The average molecular weight is 517 g/mol. The summed E-state index contributed by atoms with van der Waals surface area (Å²) in [5.41, 5.74) is 5.34. The van der Waals surface area contributed by atoms with Gasteiger partial charge in [0.1, 0.15) is 5.82 Å². The largest absolute Gasteiger partial charge is 0.326 e. The fourth-order valence-electron chi connectivity index (χ4n) is 4.82. The number of para-hydroxylation sites is 3. The number of anilines is 1. The Balaban J connectivity index is 1.29. The van der Waals surface area contributed by atoms with E-state index in [2.05, 4.69) is 80.1 Å². The van der Waals surface area contributed by atoms with Crippen LogP contribution in [0.4, 0.5) is 5.69 Å². The predicted molar refractivity (Wildman–Crippen MR) is 141 cm³/mol. The molecule has 0 radical (unpaired) electrons. The Labute approximate surface area is 208 Å². The first-order chi connectivity index (χ1) is 16.6. The van der Waals surface area contributed by atoms with E-state index >= 15 is 0 Å². The average Bonchev–Trinajstić information content (AvgIpc) is 3.22. The molecule has 1 aliphatic rings. The van der Waals surface area contributed by atoms with E-state index in [9.17, 15) is 4.79 Å². The van der Waals surface area contributed by atoms with E-state index in [0.717, 1.165) is 71.6 Å². The van der Waals surface area contributed by atoms with Gasteiger partial charge >= 0.3 is 0 Å². The number of hydrogen-bond acceptors (Lipinski definition) is 3. The lowest BCUT2D eigenvalue weighted by atomic mass is 9.95. The van der Waals surface area contributed by atoms with Gasteiger partial charge in [0.2, 0.25) is 5.91 Å². The van der Waals surface area contributed by atoms with Crippen LogP contribution in [-0.2, 0) is 17.8 Å². The Morgan fingerprint density at radius 3 is 2.59 bits per heavy atom. The summed E-state index contributed by atoms with van der Waals surface area (Å²) in [5.74, 6) is 1.21. The molecule has 0 spiro atoms. The van der Waals surface area contributed by atoms with Crippen LogP contribution in [0.25, 0.3) is 16.7 Å². The summed E-state index contributed by atoms with van der Waals surface area (Å²) in [4.78, 5) is 20.3. The van der Waals surface area contributed by atoms with Crippen LogP contribution in [0.5, 0.6) is 0 Å². The van der Waals surface area contributed by atoms with Crippen LogP contribution < -0.4 is 5.32 Å². The van der Waals surface area contributed by atoms with Gasteiger partial charge in [-0.25, -0.2) is 4.98 Å². The number of carbonyl (C=O) groups excluding carboxylic acids is 1. The molecule has 1 aromatic heterocycles. The van der Waals surface area contributed by atoms with Crippen molar-refractivity contribution in [3.63, 3.8) is 0 Å². The van der Waals surface area contributed by atoms with Crippen LogP contribution in [0.3, 0.4) is 0 Å². The minimum atomic E-state index is 0.0464. The minimum Gasteiger partial charge on any atom is -0.326 e. The molecule has 0 aliphatic carbocycles.